The van der Waals surface area contributed by atoms with Crippen molar-refractivity contribution in [3.8, 4) is 5.75 Å². The maximum absolute atomic E-state index is 12.1. The predicted molar refractivity (Wildman–Crippen MR) is 79.1 cm³/mol. The van der Waals surface area contributed by atoms with E-state index >= 15 is 0 Å². The number of furan rings is 1. The van der Waals surface area contributed by atoms with Gasteiger partial charge in [-0.3, -0.25) is 4.79 Å². The van der Waals surface area contributed by atoms with Crippen LogP contribution in [0.15, 0.2) is 50.6 Å². The summed E-state index contributed by atoms with van der Waals surface area (Å²) in [4.78, 5) is 12.1. The predicted octanol–water partition coefficient (Wildman–Crippen LogP) is 3.20. The minimum absolute atomic E-state index is 0.349. The first-order valence-electron chi connectivity index (χ1n) is 6.00. The number of hydrogen-bond donors (Lipinski definition) is 1. The van der Waals surface area contributed by atoms with Crippen molar-refractivity contribution in [2.45, 2.75) is 6.92 Å². The van der Waals surface area contributed by atoms with Crippen LogP contribution >= 0.6 is 15.9 Å². The molecule has 0 aliphatic heterocycles. The van der Waals surface area contributed by atoms with Crippen LogP contribution in [0, 0.1) is 0 Å². The van der Waals surface area contributed by atoms with Gasteiger partial charge in [0.25, 0.3) is 5.91 Å². The summed E-state index contributed by atoms with van der Waals surface area (Å²) in [6, 6.07) is 8.71. The van der Waals surface area contributed by atoms with Gasteiger partial charge in [0.05, 0.1) is 24.6 Å². The zero-order valence-corrected chi connectivity index (χ0v) is 12.4. The van der Waals surface area contributed by atoms with Crippen LogP contribution in [-0.2, 0) is 0 Å². The molecular formula is C14H13BrN2O3. The van der Waals surface area contributed by atoms with Crippen LogP contribution in [0.25, 0.3) is 0 Å². The van der Waals surface area contributed by atoms with E-state index in [2.05, 4.69) is 26.5 Å². The highest BCUT2D eigenvalue weighted by atomic mass is 79.9. The molecule has 2 rings (SSSR count). The van der Waals surface area contributed by atoms with Crippen molar-refractivity contribution < 1.29 is 13.9 Å². The summed E-state index contributed by atoms with van der Waals surface area (Å²) in [6.07, 6.45) is 2.96. The van der Waals surface area contributed by atoms with Crippen molar-refractivity contribution in [2.24, 2.45) is 5.10 Å². The Labute approximate surface area is 124 Å². The normalized spacial score (nSPS) is 10.7. The SMILES string of the molecule is CCOc1ccc(Br)cc1C(=O)N/N=C/c1ccco1. The van der Waals surface area contributed by atoms with Crippen LogP contribution in [0.2, 0.25) is 0 Å². The number of ether oxygens (including phenoxy) is 1. The largest absolute Gasteiger partial charge is 0.493 e. The van der Waals surface area contributed by atoms with Gasteiger partial charge in [0, 0.05) is 4.47 Å². The maximum Gasteiger partial charge on any atom is 0.275 e. The van der Waals surface area contributed by atoms with Crippen molar-refractivity contribution >= 4 is 28.1 Å². The Kier molecular flexibility index (Phi) is 4.95. The van der Waals surface area contributed by atoms with Gasteiger partial charge in [-0.1, -0.05) is 15.9 Å². The van der Waals surface area contributed by atoms with Gasteiger partial charge in [-0.25, -0.2) is 5.43 Å². The van der Waals surface area contributed by atoms with E-state index in [-0.39, 0.29) is 5.91 Å². The molecule has 1 aromatic carbocycles. The van der Waals surface area contributed by atoms with Crippen molar-refractivity contribution in [3.05, 3.63) is 52.4 Å². The lowest BCUT2D eigenvalue weighted by atomic mass is 10.2. The highest BCUT2D eigenvalue weighted by Crippen LogP contribution is 2.23. The molecule has 0 unspecified atom stereocenters. The number of hydrazone groups is 1. The zero-order valence-electron chi connectivity index (χ0n) is 10.8. The molecule has 0 aliphatic rings. The van der Waals surface area contributed by atoms with Gasteiger partial charge in [0.1, 0.15) is 11.5 Å². The average molecular weight is 337 g/mol. The van der Waals surface area contributed by atoms with Gasteiger partial charge < -0.3 is 9.15 Å². The van der Waals surface area contributed by atoms with E-state index in [4.69, 9.17) is 9.15 Å². The van der Waals surface area contributed by atoms with E-state index in [1.54, 1.807) is 24.3 Å². The first-order valence-corrected chi connectivity index (χ1v) is 6.79. The molecule has 0 atom stereocenters. The Bertz CT molecular complexity index is 609. The first kappa shape index (κ1) is 14.3. The third-order valence-corrected chi connectivity index (χ3v) is 2.88. The Morgan fingerprint density at radius 1 is 1.50 bits per heavy atom. The fourth-order valence-corrected chi connectivity index (χ4v) is 1.90. The number of amides is 1. The summed E-state index contributed by atoms with van der Waals surface area (Å²) in [7, 11) is 0. The minimum atomic E-state index is -0.349. The molecular weight excluding hydrogens is 324 g/mol. The van der Waals surface area contributed by atoms with E-state index in [0.717, 1.165) is 4.47 Å². The van der Waals surface area contributed by atoms with Crippen molar-refractivity contribution in [1.29, 1.82) is 0 Å². The molecule has 1 N–H and O–H groups in total. The molecule has 0 fully saturated rings. The van der Waals surface area contributed by atoms with Crippen LogP contribution in [0.1, 0.15) is 23.0 Å². The summed E-state index contributed by atoms with van der Waals surface area (Å²) >= 11 is 3.33. The molecule has 20 heavy (non-hydrogen) atoms. The van der Waals surface area contributed by atoms with Crippen molar-refractivity contribution in [2.75, 3.05) is 6.61 Å². The van der Waals surface area contributed by atoms with Gasteiger partial charge in [-0.2, -0.15) is 5.10 Å². The third-order valence-electron chi connectivity index (χ3n) is 2.39. The molecule has 5 nitrogen and oxygen atoms in total. The Hall–Kier alpha value is -2.08. The van der Waals surface area contributed by atoms with Crippen LogP contribution < -0.4 is 10.2 Å². The smallest absolute Gasteiger partial charge is 0.275 e. The molecule has 0 saturated carbocycles. The topological polar surface area (TPSA) is 63.8 Å². The van der Waals surface area contributed by atoms with Gasteiger partial charge in [0.2, 0.25) is 0 Å². The van der Waals surface area contributed by atoms with Crippen LogP contribution in [-0.4, -0.2) is 18.7 Å². The second kappa shape index (κ2) is 6.91. The van der Waals surface area contributed by atoms with Gasteiger partial charge >= 0.3 is 0 Å². The Morgan fingerprint density at radius 2 is 2.35 bits per heavy atom. The standard InChI is InChI=1S/C14H13BrN2O3/c1-2-19-13-6-5-10(15)8-12(13)14(18)17-16-9-11-4-3-7-20-11/h3-9H,2H2,1H3,(H,17,18)/b16-9+. The lowest BCUT2D eigenvalue weighted by Gasteiger charge is -2.09. The fraction of sp³-hybridized carbons (Fsp3) is 0.143. The van der Waals surface area contributed by atoms with Gasteiger partial charge in [0.15, 0.2) is 0 Å². The molecule has 0 radical (unpaired) electrons. The summed E-state index contributed by atoms with van der Waals surface area (Å²) in [5.41, 5.74) is 2.85. The number of rotatable bonds is 5. The van der Waals surface area contributed by atoms with E-state index in [0.29, 0.717) is 23.7 Å². The van der Waals surface area contributed by atoms with Crippen LogP contribution in [0.3, 0.4) is 0 Å². The lowest BCUT2D eigenvalue weighted by molar-refractivity contribution is 0.0951. The lowest BCUT2D eigenvalue weighted by Crippen LogP contribution is -2.18. The second-order valence-electron chi connectivity index (χ2n) is 3.79. The Balaban J connectivity index is 2.10. The highest BCUT2D eigenvalue weighted by molar-refractivity contribution is 9.10. The van der Waals surface area contributed by atoms with Crippen LogP contribution in [0.4, 0.5) is 0 Å². The van der Waals surface area contributed by atoms with Crippen LogP contribution in [0.5, 0.6) is 5.75 Å². The number of carbonyl (C=O) groups excluding carboxylic acids is 1. The number of carbonyl (C=O) groups is 1. The molecule has 6 heteroatoms. The Morgan fingerprint density at radius 3 is 3.05 bits per heavy atom. The number of halogens is 1. The molecule has 0 aliphatic carbocycles. The van der Waals surface area contributed by atoms with E-state index in [9.17, 15) is 4.79 Å². The zero-order chi connectivity index (χ0) is 14.4. The van der Waals surface area contributed by atoms with E-state index in [1.165, 1.54) is 12.5 Å². The van der Waals surface area contributed by atoms with E-state index in [1.807, 2.05) is 13.0 Å². The molecule has 0 saturated heterocycles. The molecule has 1 aromatic heterocycles. The summed E-state index contributed by atoms with van der Waals surface area (Å²) in [6.45, 7) is 2.34. The quantitative estimate of drug-likeness (QED) is 0.673. The number of hydrogen-bond acceptors (Lipinski definition) is 4. The molecule has 104 valence electrons. The molecule has 1 heterocycles. The fourth-order valence-electron chi connectivity index (χ4n) is 1.54. The van der Waals surface area contributed by atoms with Gasteiger partial charge in [-0.05, 0) is 37.3 Å². The minimum Gasteiger partial charge on any atom is -0.493 e. The van der Waals surface area contributed by atoms with Gasteiger partial charge in [-0.15, -0.1) is 0 Å². The molecule has 1 amide bonds. The summed E-state index contributed by atoms with van der Waals surface area (Å²) < 4.78 is 11.3. The van der Waals surface area contributed by atoms with Crippen molar-refractivity contribution in [1.82, 2.24) is 5.43 Å². The number of nitrogens with one attached hydrogen (secondary N) is 1. The maximum atomic E-state index is 12.1. The number of nitrogens with zero attached hydrogens (tertiary/aromatic N) is 1. The molecule has 0 bridgehead atoms. The average Bonchev–Trinajstić information content (AvgIpc) is 2.94. The third kappa shape index (κ3) is 3.71. The second-order valence-corrected chi connectivity index (χ2v) is 4.70. The van der Waals surface area contributed by atoms with E-state index < -0.39 is 0 Å². The monoisotopic (exact) mass is 336 g/mol. The summed E-state index contributed by atoms with van der Waals surface area (Å²) in [5.74, 6) is 0.725. The summed E-state index contributed by atoms with van der Waals surface area (Å²) in [5, 5.41) is 3.83. The first-order chi connectivity index (χ1) is 9.70. The molecule has 0 spiro atoms. The highest BCUT2D eigenvalue weighted by Gasteiger charge is 2.12. The van der Waals surface area contributed by atoms with Crippen molar-refractivity contribution in [3.63, 3.8) is 0 Å². The number of benzene rings is 1. The molecule has 2 aromatic rings.